The van der Waals surface area contributed by atoms with Gasteiger partial charge in [-0.3, -0.25) is 14.9 Å². The lowest BCUT2D eigenvalue weighted by atomic mass is 10.0. The summed E-state index contributed by atoms with van der Waals surface area (Å²) >= 11 is 0. The predicted molar refractivity (Wildman–Crippen MR) is 92.4 cm³/mol. The van der Waals surface area contributed by atoms with Crippen molar-refractivity contribution in [2.45, 2.75) is 19.1 Å². The molecule has 2 aromatic carbocycles. The number of hydrogen-bond acceptors (Lipinski definition) is 6. The number of benzene rings is 2. The highest BCUT2D eigenvalue weighted by Crippen LogP contribution is 2.21. The number of amides is 1. The summed E-state index contributed by atoms with van der Waals surface area (Å²) in [7, 11) is 0. The van der Waals surface area contributed by atoms with Crippen LogP contribution < -0.4 is 5.32 Å². The molecule has 0 heterocycles. The number of nitro groups is 1. The van der Waals surface area contributed by atoms with Crippen LogP contribution in [0.5, 0.6) is 0 Å². The van der Waals surface area contributed by atoms with E-state index in [0.717, 1.165) is 0 Å². The second-order valence-corrected chi connectivity index (χ2v) is 5.36. The maximum Gasteiger partial charge on any atom is 0.331 e. The van der Waals surface area contributed by atoms with E-state index in [9.17, 15) is 24.8 Å². The van der Waals surface area contributed by atoms with Gasteiger partial charge in [0.2, 0.25) is 0 Å². The molecule has 0 aliphatic rings. The predicted octanol–water partition coefficient (Wildman–Crippen LogP) is 1.99. The summed E-state index contributed by atoms with van der Waals surface area (Å²) < 4.78 is 4.92. The molecule has 0 radical (unpaired) electrons. The molecule has 0 saturated heterocycles. The number of hydrogen-bond donors (Lipinski definition) is 2. The van der Waals surface area contributed by atoms with E-state index in [1.807, 2.05) is 0 Å². The number of ether oxygens (including phenoxy) is 1. The van der Waals surface area contributed by atoms with E-state index >= 15 is 0 Å². The molecule has 2 atom stereocenters. The van der Waals surface area contributed by atoms with Gasteiger partial charge >= 0.3 is 5.97 Å². The van der Waals surface area contributed by atoms with Crippen molar-refractivity contribution >= 4 is 17.6 Å². The van der Waals surface area contributed by atoms with Gasteiger partial charge in [0.15, 0.2) is 6.04 Å². The standard InChI is InChI=1S/C18H18N2O6/c1-2-26-18(23)15(19-17(22)13-6-4-3-5-7-13)16(21)12-8-10-14(11-9-12)20(24)25/h3-11,15-16,21H,2H2,1H3,(H,19,22)/t15-,16-/m0/s1. The minimum Gasteiger partial charge on any atom is -0.464 e. The molecule has 0 aliphatic carbocycles. The Morgan fingerprint density at radius 3 is 2.31 bits per heavy atom. The van der Waals surface area contributed by atoms with E-state index in [1.54, 1.807) is 37.3 Å². The highest BCUT2D eigenvalue weighted by atomic mass is 16.6. The van der Waals surface area contributed by atoms with E-state index in [1.165, 1.54) is 24.3 Å². The van der Waals surface area contributed by atoms with Crippen molar-refractivity contribution in [1.29, 1.82) is 0 Å². The molecule has 136 valence electrons. The molecule has 2 aromatic rings. The zero-order valence-corrected chi connectivity index (χ0v) is 14.0. The van der Waals surface area contributed by atoms with E-state index in [0.29, 0.717) is 5.56 Å². The second kappa shape index (κ2) is 8.72. The zero-order valence-electron chi connectivity index (χ0n) is 14.0. The molecule has 2 N–H and O–H groups in total. The lowest BCUT2D eigenvalue weighted by Crippen LogP contribution is -2.46. The van der Waals surface area contributed by atoms with Gasteiger partial charge in [0, 0.05) is 17.7 Å². The number of nitrogens with zero attached hydrogens (tertiary/aromatic N) is 1. The Bertz CT molecular complexity index is 776. The quantitative estimate of drug-likeness (QED) is 0.444. The average Bonchev–Trinajstić information content (AvgIpc) is 2.66. The number of carbonyl (C=O) groups excluding carboxylic acids is 2. The summed E-state index contributed by atoms with van der Waals surface area (Å²) in [6.45, 7) is 1.68. The molecule has 0 bridgehead atoms. The van der Waals surface area contributed by atoms with Gasteiger partial charge in [-0.05, 0) is 36.8 Å². The Morgan fingerprint density at radius 2 is 1.77 bits per heavy atom. The Hall–Kier alpha value is -3.26. The SMILES string of the molecule is CCOC(=O)[C@@H](NC(=O)c1ccccc1)[C@@H](O)c1ccc([N+](=O)[O-])cc1. The number of nitrogens with one attached hydrogen (secondary N) is 1. The maximum atomic E-state index is 12.3. The first kappa shape index (κ1) is 19.1. The molecule has 1 amide bonds. The van der Waals surface area contributed by atoms with Crippen molar-refractivity contribution in [2.24, 2.45) is 0 Å². The van der Waals surface area contributed by atoms with Crippen molar-refractivity contribution in [3.8, 4) is 0 Å². The maximum absolute atomic E-state index is 12.3. The third-order valence-corrected chi connectivity index (χ3v) is 3.62. The van der Waals surface area contributed by atoms with Crippen LogP contribution in [-0.2, 0) is 9.53 Å². The summed E-state index contributed by atoms with van der Waals surface area (Å²) in [5.74, 6) is -1.35. The fraction of sp³-hybridized carbons (Fsp3) is 0.222. The summed E-state index contributed by atoms with van der Waals surface area (Å²) in [6.07, 6.45) is -1.43. The van der Waals surface area contributed by atoms with Gasteiger partial charge in [0.05, 0.1) is 11.5 Å². The molecular formula is C18H18N2O6. The molecule has 8 heteroatoms. The number of carbonyl (C=O) groups is 2. The van der Waals surface area contributed by atoms with Crippen molar-refractivity contribution < 1.29 is 24.4 Å². The van der Waals surface area contributed by atoms with Crippen LogP contribution in [0.3, 0.4) is 0 Å². The smallest absolute Gasteiger partial charge is 0.331 e. The minimum absolute atomic E-state index is 0.0729. The third-order valence-electron chi connectivity index (χ3n) is 3.62. The van der Waals surface area contributed by atoms with Crippen LogP contribution in [0, 0.1) is 10.1 Å². The lowest BCUT2D eigenvalue weighted by molar-refractivity contribution is -0.384. The molecule has 8 nitrogen and oxygen atoms in total. The summed E-state index contributed by atoms with van der Waals surface area (Å²) in [5, 5.41) is 23.7. The van der Waals surface area contributed by atoms with Gasteiger partial charge in [-0.25, -0.2) is 4.79 Å². The molecular weight excluding hydrogens is 340 g/mol. The number of nitro benzene ring substituents is 1. The largest absolute Gasteiger partial charge is 0.464 e. The molecule has 0 saturated carbocycles. The van der Waals surface area contributed by atoms with Crippen LogP contribution >= 0.6 is 0 Å². The first-order valence-electron chi connectivity index (χ1n) is 7.89. The molecule has 2 rings (SSSR count). The van der Waals surface area contributed by atoms with E-state index in [-0.39, 0.29) is 17.9 Å². The fourth-order valence-electron chi connectivity index (χ4n) is 2.30. The molecule has 0 unspecified atom stereocenters. The molecule has 26 heavy (non-hydrogen) atoms. The zero-order chi connectivity index (χ0) is 19.1. The molecule has 0 spiro atoms. The van der Waals surface area contributed by atoms with Crippen molar-refractivity contribution in [3.05, 3.63) is 75.8 Å². The highest BCUT2D eigenvalue weighted by molar-refractivity contribution is 5.96. The summed E-state index contributed by atoms with van der Waals surface area (Å²) in [4.78, 5) is 34.7. The van der Waals surface area contributed by atoms with Gasteiger partial charge in [-0.1, -0.05) is 18.2 Å². The van der Waals surface area contributed by atoms with E-state index in [4.69, 9.17) is 4.74 Å². The average molecular weight is 358 g/mol. The van der Waals surface area contributed by atoms with Gasteiger partial charge in [-0.15, -0.1) is 0 Å². The summed E-state index contributed by atoms with van der Waals surface area (Å²) in [5.41, 5.74) is 0.404. The Kier molecular flexibility index (Phi) is 6.40. The fourth-order valence-corrected chi connectivity index (χ4v) is 2.30. The summed E-state index contributed by atoms with van der Waals surface area (Å²) in [6, 6.07) is 11.9. The van der Waals surface area contributed by atoms with Crippen LogP contribution in [0.15, 0.2) is 54.6 Å². The van der Waals surface area contributed by atoms with Crippen LogP contribution in [-0.4, -0.2) is 34.6 Å². The molecule has 0 aromatic heterocycles. The first-order chi connectivity index (χ1) is 12.4. The number of non-ortho nitro benzene ring substituents is 1. The van der Waals surface area contributed by atoms with Gasteiger partial charge in [0.25, 0.3) is 11.6 Å². The normalized spacial score (nSPS) is 12.7. The van der Waals surface area contributed by atoms with Crippen LogP contribution in [0.4, 0.5) is 5.69 Å². The van der Waals surface area contributed by atoms with Crippen LogP contribution in [0.1, 0.15) is 28.9 Å². The molecule has 0 aliphatic heterocycles. The van der Waals surface area contributed by atoms with E-state index in [2.05, 4.69) is 5.32 Å². The number of aliphatic hydroxyl groups is 1. The number of rotatable bonds is 7. The Morgan fingerprint density at radius 1 is 1.15 bits per heavy atom. The lowest BCUT2D eigenvalue weighted by Gasteiger charge is -2.22. The van der Waals surface area contributed by atoms with Crippen LogP contribution in [0.25, 0.3) is 0 Å². The third kappa shape index (κ3) is 4.64. The second-order valence-electron chi connectivity index (χ2n) is 5.36. The van der Waals surface area contributed by atoms with Gasteiger partial charge in [-0.2, -0.15) is 0 Å². The Balaban J connectivity index is 2.24. The Labute approximate surface area is 149 Å². The highest BCUT2D eigenvalue weighted by Gasteiger charge is 2.31. The number of aliphatic hydroxyl groups excluding tert-OH is 1. The van der Waals surface area contributed by atoms with Crippen molar-refractivity contribution in [2.75, 3.05) is 6.61 Å². The molecule has 0 fully saturated rings. The minimum atomic E-state index is -1.43. The van der Waals surface area contributed by atoms with Crippen molar-refractivity contribution in [3.63, 3.8) is 0 Å². The monoisotopic (exact) mass is 358 g/mol. The topological polar surface area (TPSA) is 119 Å². The van der Waals surface area contributed by atoms with Gasteiger partial charge in [0.1, 0.15) is 6.10 Å². The first-order valence-corrected chi connectivity index (χ1v) is 7.89. The van der Waals surface area contributed by atoms with E-state index < -0.39 is 28.9 Å². The van der Waals surface area contributed by atoms with Gasteiger partial charge < -0.3 is 15.2 Å². The number of esters is 1. The van der Waals surface area contributed by atoms with Crippen molar-refractivity contribution in [1.82, 2.24) is 5.32 Å². The van der Waals surface area contributed by atoms with Crippen LogP contribution in [0.2, 0.25) is 0 Å².